The first-order valence-corrected chi connectivity index (χ1v) is 5.77. The highest BCUT2D eigenvalue weighted by Gasteiger charge is 2.14. The summed E-state index contributed by atoms with van der Waals surface area (Å²) >= 11 is 0. The first kappa shape index (κ1) is 10.3. The van der Waals surface area contributed by atoms with Crippen LogP contribution in [0.4, 0.5) is 0 Å². The first-order chi connectivity index (χ1) is 7.36. The van der Waals surface area contributed by atoms with Crippen LogP contribution in [-0.4, -0.2) is 17.4 Å². The van der Waals surface area contributed by atoms with E-state index in [1.54, 1.807) is 18.5 Å². The van der Waals surface area contributed by atoms with E-state index in [-0.39, 0.29) is 5.91 Å². The highest BCUT2D eigenvalue weighted by atomic mass is 16.1. The smallest absolute Gasteiger partial charge is 0.252 e. The van der Waals surface area contributed by atoms with Crippen LogP contribution < -0.4 is 5.32 Å². The SMILES string of the molecule is O=C(NCC1CCCCC1)c1cc[nH]c1. The minimum atomic E-state index is 0.0434. The van der Waals surface area contributed by atoms with E-state index in [0.717, 1.165) is 12.1 Å². The molecule has 1 fully saturated rings. The maximum absolute atomic E-state index is 11.6. The molecule has 1 aromatic rings. The molecule has 0 unspecified atom stereocenters. The number of nitrogens with one attached hydrogen (secondary N) is 2. The normalized spacial score (nSPS) is 17.6. The summed E-state index contributed by atoms with van der Waals surface area (Å²) in [5.41, 5.74) is 0.728. The number of carbonyl (C=O) groups excluding carboxylic acids is 1. The van der Waals surface area contributed by atoms with Crippen LogP contribution in [-0.2, 0) is 0 Å². The second-order valence-electron chi connectivity index (χ2n) is 4.31. The molecule has 2 N–H and O–H groups in total. The molecular formula is C12H18N2O. The van der Waals surface area contributed by atoms with Crippen LogP contribution >= 0.6 is 0 Å². The van der Waals surface area contributed by atoms with Crippen LogP contribution in [0.3, 0.4) is 0 Å². The van der Waals surface area contributed by atoms with Gasteiger partial charge in [0.2, 0.25) is 0 Å². The van der Waals surface area contributed by atoms with Crippen molar-refractivity contribution in [1.29, 1.82) is 0 Å². The fourth-order valence-electron chi connectivity index (χ4n) is 2.20. The van der Waals surface area contributed by atoms with Crippen LogP contribution in [0.5, 0.6) is 0 Å². The number of aromatic nitrogens is 1. The van der Waals surface area contributed by atoms with Gasteiger partial charge in [-0.3, -0.25) is 4.79 Å². The van der Waals surface area contributed by atoms with Crippen molar-refractivity contribution in [3.8, 4) is 0 Å². The Bertz CT molecular complexity index is 299. The summed E-state index contributed by atoms with van der Waals surface area (Å²) in [5.74, 6) is 0.739. The predicted octanol–water partition coefficient (Wildman–Crippen LogP) is 2.32. The summed E-state index contributed by atoms with van der Waals surface area (Å²) in [7, 11) is 0. The molecule has 0 spiro atoms. The summed E-state index contributed by atoms with van der Waals surface area (Å²) in [5, 5.41) is 3.00. The summed E-state index contributed by atoms with van der Waals surface area (Å²) in [6.07, 6.45) is 10.1. The third kappa shape index (κ3) is 2.85. The minimum absolute atomic E-state index is 0.0434. The molecule has 1 aliphatic rings. The monoisotopic (exact) mass is 206 g/mol. The second-order valence-corrected chi connectivity index (χ2v) is 4.31. The molecule has 3 heteroatoms. The van der Waals surface area contributed by atoms with Gasteiger partial charge in [-0.1, -0.05) is 19.3 Å². The fourth-order valence-corrected chi connectivity index (χ4v) is 2.20. The van der Waals surface area contributed by atoms with Gasteiger partial charge in [-0.15, -0.1) is 0 Å². The molecule has 3 nitrogen and oxygen atoms in total. The van der Waals surface area contributed by atoms with Crippen LogP contribution in [0.15, 0.2) is 18.5 Å². The van der Waals surface area contributed by atoms with Gasteiger partial charge >= 0.3 is 0 Å². The quantitative estimate of drug-likeness (QED) is 0.783. The van der Waals surface area contributed by atoms with E-state index in [9.17, 15) is 4.79 Å². The summed E-state index contributed by atoms with van der Waals surface area (Å²) in [6.45, 7) is 0.837. The van der Waals surface area contributed by atoms with E-state index < -0.39 is 0 Å². The molecule has 0 radical (unpaired) electrons. The third-order valence-electron chi connectivity index (χ3n) is 3.14. The van der Waals surface area contributed by atoms with Crippen molar-refractivity contribution in [3.63, 3.8) is 0 Å². The van der Waals surface area contributed by atoms with Gasteiger partial charge in [0, 0.05) is 18.9 Å². The second kappa shape index (κ2) is 5.01. The van der Waals surface area contributed by atoms with Crippen LogP contribution in [0.2, 0.25) is 0 Å². The van der Waals surface area contributed by atoms with Gasteiger partial charge in [-0.25, -0.2) is 0 Å². The number of H-pyrrole nitrogens is 1. The van der Waals surface area contributed by atoms with Gasteiger partial charge < -0.3 is 10.3 Å². The molecule has 0 atom stereocenters. The van der Waals surface area contributed by atoms with Gasteiger partial charge in [0.05, 0.1) is 5.56 Å². The average molecular weight is 206 g/mol. The standard InChI is InChI=1S/C12H18N2O/c15-12(11-6-7-13-9-11)14-8-10-4-2-1-3-5-10/h6-7,9-10,13H,1-5,8H2,(H,14,15). The summed E-state index contributed by atoms with van der Waals surface area (Å²) < 4.78 is 0. The number of carbonyl (C=O) groups is 1. The highest BCUT2D eigenvalue weighted by molar-refractivity contribution is 5.93. The number of hydrogen-bond acceptors (Lipinski definition) is 1. The van der Waals surface area contributed by atoms with Gasteiger partial charge in [-0.05, 0) is 24.8 Å². The Morgan fingerprint density at radius 2 is 2.20 bits per heavy atom. The summed E-state index contributed by atoms with van der Waals surface area (Å²) in [4.78, 5) is 14.5. The van der Waals surface area contributed by atoms with Gasteiger partial charge in [0.15, 0.2) is 0 Å². The van der Waals surface area contributed by atoms with E-state index in [1.807, 2.05) is 0 Å². The molecule has 0 aromatic carbocycles. The van der Waals surface area contributed by atoms with Crippen molar-refractivity contribution in [1.82, 2.24) is 10.3 Å². The Labute approximate surface area is 90.3 Å². The Morgan fingerprint density at radius 3 is 2.87 bits per heavy atom. The zero-order valence-electron chi connectivity index (χ0n) is 8.96. The summed E-state index contributed by atoms with van der Waals surface area (Å²) in [6, 6.07) is 1.80. The maximum Gasteiger partial charge on any atom is 0.252 e. The van der Waals surface area contributed by atoms with E-state index >= 15 is 0 Å². The molecule has 0 aliphatic heterocycles. The van der Waals surface area contributed by atoms with E-state index in [4.69, 9.17) is 0 Å². The van der Waals surface area contributed by atoms with Crippen LogP contribution in [0.1, 0.15) is 42.5 Å². The lowest BCUT2D eigenvalue weighted by Crippen LogP contribution is -2.29. The lowest BCUT2D eigenvalue weighted by molar-refractivity contribution is 0.0944. The molecule has 0 bridgehead atoms. The number of amides is 1. The van der Waals surface area contributed by atoms with E-state index in [1.165, 1.54) is 32.1 Å². The number of aromatic amines is 1. The maximum atomic E-state index is 11.6. The fraction of sp³-hybridized carbons (Fsp3) is 0.583. The van der Waals surface area contributed by atoms with E-state index in [2.05, 4.69) is 10.3 Å². The largest absolute Gasteiger partial charge is 0.367 e. The molecule has 0 saturated heterocycles. The lowest BCUT2D eigenvalue weighted by atomic mass is 9.89. The minimum Gasteiger partial charge on any atom is -0.367 e. The molecule has 15 heavy (non-hydrogen) atoms. The zero-order valence-corrected chi connectivity index (χ0v) is 8.96. The van der Waals surface area contributed by atoms with Gasteiger partial charge in [-0.2, -0.15) is 0 Å². The number of rotatable bonds is 3. The topological polar surface area (TPSA) is 44.9 Å². The highest BCUT2D eigenvalue weighted by Crippen LogP contribution is 2.22. The van der Waals surface area contributed by atoms with Crippen molar-refractivity contribution < 1.29 is 4.79 Å². The van der Waals surface area contributed by atoms with Gasteiger partial charge in [0.1, 0.15) is 0 Å². The van der Waals surface area contributed by atoms with Crippen molar-refractivity contribution in [2.75, 3.05) is 6.54 Å². The third-order valence-corrected chi connectivity index (χ3v) is 3.14. The Balaban J connectivity index is 1.75. The molecule has 1 aliphatic carbocycles. The zero-order chi connectivity index (χ0) is 10.5. The molecule has 1 saturated carbocycles. The van der Waals surface area contributed by atoms with Gasteiger partial charge in [0.25, 0.3) is 5.91 Å². The number of hydrogen-bond donors (Lipinski definition) is 2. The molecule has 1 amide bonds. The Hall–Kier alpha value is -1.25. The molecular weight excluding hydrogens is 188 g/mol. The van der Waals surface area contributed by atoms with Crippen LogP contribution in [0.25, 0.3) is 0 Å². The predicted molar refractivity (Wildman–Crippen MR) is 59.7 cm³/mol. The Kier molecular flexibility index (Phi) is 3.43. The molecule has 2 rings (SSSR count). The molecule has 1 heterocycles. The average Bonchev–Trinajstić information content (AvgIpc) is 2.81. The molecule has 82 valence electrons. The van der Waals surface area contributed by atoms with Crippen molar-refractivity contribution in [3.05, 3.63) is 24.0 Å². The van der Waals surface area contributed by atoms with Crippen molar-refractivity contribution in [2.24, 2.45) is 5.92 Å². The first-order valence-electron chi connectivity index (χ1n) is 5.77. The Morgan fingerprint density at radius 1 is 1.40 bits per heavy atom. The lowest BCUT2D eigenvalue weighted by Gasteiger charge is -2.21. The molecule has 1 aromatic heterocycles. The van der Waals surface area contributed by atoms with Crippen molar-refractivity contribution >= 4 is 5.91 Å². The van der Waals surface area contributed by atoms with E-state index in [0.29, 0.717) is 5.92 Å². The van der Waals surface area contributed by atoms with Crippen molar-refractivity contribution in [2.45, 2.75) is 32.1 Å². The van der Waals surface area contributed by atoms with Crippen LogP contribution in [0, 0.1) is 5.92 Å².